The van der Waals surface area contributed by atoms with E-state index in [9.17, 15) is 4.79 Å². The second-order valence-electron chi connectivity index (χ2n) is 5.96. The van der Waals surface area contributed by atoms with Gasteiger partial charge in [-0.1, -0.05) is 6.07 Å². The Morgan fingerprint density at radius 1 is 1.35 bits per heavy atom. The predicted molar refractivity (Wildman–Crippen MR) is 87.4 cm³/mol. The number of anilines is 2. The summed E-state index contributed by atoms with van der Waals surface area (Å²) in [5.41, 5.74) is 2.69. The summed E-state index contributed by atoms with van der Waals surface area (Å²) in [5, 5.41) is 12.5. The molecule has 0 atom stereocenters. The summed E-state index contributed by atoms with van der Waals surface area (Å²) in [6.07, 6.45) is 5.78. The highest BCUT2D eigenvalue weighted by molar-refractivity contribution is 5.99. The monoisotopic (exact) mass is 315 g/mol. The second-order valence-corrected chi connectivity index (χ2v) is 5.96. The number of nitrogens with zero attached hydrogens (tertiary/aromatic N) is 2. The Kier molecular flexibility index (Phi) is 4.57. The third kappa shape index (κ3) is 4.29. The topological polar surface area (TPSA) is 91.9 Å². The highest BCUT2D eigenvalue weighted by Crippen LogP contribution is 2.42. The number of ether oxygens (including phenoxy) is 1. The molecular formula is C16H21N5O2. The molecule has 3 rings (SSSR count). The molecule has 7 nitrogen and oxygen atoms in total. The first-order valence-electron chi connectivity index (χ1n) is 7.79. The zero-order valence-electron chi connectivity index (χ0n) is 13.3. The highest BCUT2D eigenvalue weighted by Gasteiger charge is 2.28. The van der Waals surface area contributed by atoms with E-state index in [1.807, 2.05) is 19.9 Å². The molecule has 1 aliphatic carbocycles. The number of aromatic amines is 1. The van der Waals surface area contributed by atoms with Gasteiger partial charge < -0.3 is 10.1 Å². The third-order valence-corrected chi connectivity index (χ3v) is 3.55. The molecule has 1 fully saturated rings. The molecule has 0 aromatic carbocycles. The van der Waals surface area contributed by atoms with Gasteiger partial charge in [-0.2, -0.15) is 5.10 Å². The lowest BCUT2D eigenvalue weighted by Crippen LogP contribution is -2.20. The number of hydrogen-bond acceptors (Lipinski definition) is 4. The Hall–Kier alpha value is -2.41. The van der Waals surface area contributed by atoms with E-state index in [1.165, 1.54) is 0 Å². The van der Waals surface area contributed by atoms with E-state index in [2.05, 4.69) is 25.8 Å². The van der Waals surface area contributed by atoms with Crippen LogP contribution in [0.4, 0.5) is 16.3 Å². The van der Waals surface area contributed by atoms with Gasteiger partial charge in [-0.15, -0.1) is 0 Å². The number of pyridine rings is 1. The number of nitrogens with one attached hydrogen (secondary N) is 3. The van der Waals surface area contributed by atoms with Crippen LogP contribution in [-0.4, -0.2) is 27.3 Å². The van der Waals surface area contributed by atoms with Gasteiger partial charge in [0, 0.05) is 12.1 Å². The summed E-state index contributed by atoms with van der Waals surface area (Å²) in [6.45, 7) is 4.48. The number of hydrogen-bond donors (Lipinski definition) is 3. The maximum atomic E-state index is 12.0. The van der Waals surface area contributed by atoms with Gasteiger partial charge in [0.15, 0.2) is 0 Å². The Bertz CT molecular complexity index is 661. The van der Waals surface area contributed by atoms with Crippen molar-refractivity contribution >= 4 is 17.5 Å². The van der Waals surface area contributed by atoms with Crippen molar-refractivity contribution in [2.75, 3.05) is 10.6 Å². The lowest BCUT2D eigenvalue weighted by molar-refractivity contribution is 0.0655. The van der Waals surface area contributed by atoms with E-state index in [4.69, 9.17) is 4.74 Å². The van der Waals surface area contributed by atoms with Crippen molar-refractivity contribution in [2.24, 2.45) is 0 Å². The van der Waals surface area contributed by atoms with E-state index in [0.29, 0.717) is 18.3 Å². The maximum absolute atomic E-state index is 12.0. The number of H-pyrrole nitrogens is 1. The van der Waals surface area contributed by atoms with Gasteiger partial charge in [0.1, 0.15) is 5.82 Å². The van der Waals surface area contributed by atoms with Crippen LogP contribution in [0.15, 0.2) is 24.5 Å². The molecule has 0 spiro atoms. The summed E-state index contributed by atoms with van der Waals surface area (Å²) in [7, 11) is 0. The summed E-state index contributed by atoms with van der Waals surface area (Å²) in [4.78, 5) is 16.3. The summed E-state index contributed by atoms with van der Waals surface area (Å²) >= 11 is 0. The minimum Gasteiger partial charge on any atom is -0.374 e. The summed E-state index contributed by atoms with van der Waals surface area (Å²) in [5.74, 6) is 0.985. The smallest absolute Gasteiger partial charge is 0.324 e. The largest absolute Gasteiger partial charge is 0.374 e. The van der Waals surface area contributed by atoms with Gasteiger partial charge in [0.2, 0.25) is 0 Å². The lowest BCUT2D eigenvalue weighted by atomic mass is 10.2. The fraction of sp³-hybridized carbons (Fsp3) is 0.438. The van der Waals surface area contributed by atoms with Crippen LogP contribution < -0.4 is 10.6 Å². The average molecular weight is 315 g/mol. The molecule has 3 N–H and O–H groups in total. The Morgan fingerprint density at radius 3 is 2.83 bits per heavy atom. The molecule has 2 amide bonds. The van der Waals surface area contributed by atoms with Crippen LogP contribution in [0.1, 0.15) is 43.9 Å². The molecule has 0 bridgehead atoms. The molecule has 122 valence electrons. The van der Waals surface area contributed by atoms with Crippen LogP contribution in [0, 0.1) is 0 Å². The fourth-order valence-electron chi connectivity index (χ4n) is 2.20. The molecular weight excluding hydrogens is 294 g/mol. The molecule has 2 aromatic heterocycles. The lowest BCUT2D eigenvalue weighted by Gasteiger charge is -2.09. The van der Waals surface area contributed by atoms with Gasteiger partial charge in [0.25, 0.3) is 0 Å². The number of rotatable bonds is 6. The van der Waals surface area contributed by atoms with Gasteiger partial charge in [0.05, 0.1) is 30.3 Å². The molecule has 2 heterocycles. The molecule has 2 aromatic rings. The molecule has 1 saturated carbocycles. The fourth-order valence-corrected chi connectivity index (χ4v) is 2.20. The first-order chi connectivity index (χ1) is 11.1. The first kappa shape index (κ1) is 15.5. The van der Waals surface area contributed by atoms with E-state index in [-0.39, 0.29) is 12.1 Å². The van der Waals surface area contributed by atoms with Crippen molar-refractivity contribution in [1.29, 1.82) is 0 Å². The van der Waals surface area contributed by atoms with Crippen LogP contribution >= 0.6 is 0 Å². The predicted octanol–water partition coefficient (Wildman–Crippen LogP) is 3.25. The zero-order valence-corrected chi connectivity index (χ0v) is 13.3. The number of aromatic nitrogens is 3. The van der Waals surface area contributed by atoms with Crippen molar-refractivity contribution in [3.05, 3.63) is 35.8 Å². The molecule has 0 radical (unpaired) electrons. The van der Waals surface area contributed by atoms with Crippen molar-refractivity contribution in [2.45, 2.75) is 45.3 Å². The van der Waals surface area contributed by atoms with E-state index in [0.717, 1.165) is 29.8 Å². The molecule has 0 saturated heterocycles. The molecule has 0 unspecified atom stereocenters. The Morgan fingerprint density at radius 2 is 2.17 bits per heavy atom. The van der Waals surface area contributed by atoms with Crippen LogP contribution in [0.3, 0.4) is 0 Å². The summed E-state index contributed by atoms with van der Waals surface area (Å²) in [6, 6.07) is 3.32. The van der Waals surface area contributed by atoms with Gasteiger partial charge in [-0.25, -0.2) is 9.78 Å². The van der Waals surface area contributed by atoms with Crippen molar-refractivity contribution in [3.63, 3.8) is 0 Å². The Balaban J connectivity index is 1.54. The number of carbonyl (C=O) groups is 1. The average Bonchev–Trinajstić information content (AvgIpc) is 3.27. The van der Waals surface area contributed by atoms with Crippen LogP contribution in [-0.2, 0) is 11.3 Å². The standard InChI is InChI=1S/C16H21N5O2/c1-10(2)23-9-11-3-6-14(17-7-11)20-16(22)19-13-8-18-21-15(13)12-4-5-12/h3,6-8,10,12H,4-5,9H2,1-2H3,(H,18,21)(H2,17,19,20,22). The summed E-state index contributed by atoms with van der Waals surface area (Å²) < 4.78 is 5.51. The van der Waals surface area contributed by atoms with Crippen LogP contribution in [0.2, 0.25) is 0 Å². The van der Waals surface area contributed by atoms with Gasteiger partial charge >= 0.3 is 6.03 Å². The number of carbonyl (C=O) groups excluding carboxylic acids is 1. The van der Waals surface area contributed by atoms with Crippen molar-refractivity contribution in [1.82, 2.24) is 15.2 Å². The zero-order chi connectivity index (χ0) is 16.2. The molecule has 1 aliphatic rings. The van der Waals surface area contributed by atoms with Gasteiger partial charge in [-0.05, 0) is 38.3 Å². The minimum absolute atomic E-state index is 0.175. The van der Waals surface area contributed by atoms with E-state index in [1.54, 1.807) is 18.5 Å². The van der Waals surface area contributed by atoms with Crippen molar-refractivity contribution in [3.8, 4) is 0 Å². The van der Waals surface area contributed by atoms with Crippen molar-refractivity contribution < 1.29 is 9.53 Å². The Labute approximate surface area is 134 Å². The van der Waals surface area contributed by atoms with Gasteiger partial charge in [-0.3, -0.25) is 10.4 Å². The molecule has 0 aliphatic heterocycles. The van der Waals surface area contributed by atoms with E-state index >= 15 is 0 Å². The number of urea groups is 1. The third-order valence-electron chi connectivity index (χ3n) is 3.55. The molecule has 7 heteroatoms. The van der Waals surface area contributed by atoms with E-state index < -0.39 is 0 Å². The molecule has 23 heavy (non-hydrogen) atoms. The normalized spacial score (nSPS) is 14.0. The maximum Gasteiger partial charge on any atom is 0.324 e. The quantitative estimate of drug-likeness (QED) is 0.763. The van der Waals surface area contributed by atoms with Crippen LogP contribution in [0.25, 0.3) is 0 Å². The second kappa shape index (κ2) is 6.78. The SMILES string of the molecule is CC(C)OCc1ccc(NC(=O)Nc2cn[nH]c2C2CC2)nc1. The first-order valence-corrected chi connectivity index (χ1v) is 7.79. The van der Waals surface area contributed by atoms with Crippen LogP contribution in [0.5, 0.6) is 0 Å². The minimum atomic E-state index is -0.327. The number of amides is 2. The highest BCUT2D eigenvalue weighted by atomic mass is 16.5.